The molecule has 84 valence electrons. The quantitative estimate of drug-likeness (QED) is 0.582. The van der Waals surface area contributed by atoms with Gasteiger partial charge in [-0.2, -0.15) is 0 Å². The third-order valence-corrected chi connectivity index (χ3v) is 1.95. The number of hydrogen-bond donors (Lipinski definition) is 2. The number of benzene rings is 1. The average molecular weight is 219 g/mol. The van der Waals surface area contributed by atoms with Gasteiger partial charge in [-0.15, -0.1) is 0 Å². The lowest BCUT2D eigenvalue weighted by molar-refractivity contribution is 0.112. The Bertz CT molecular complexity index is 444. The van der Waals surface area contributed by atoms with Gasteiger partial charge in [0.2, 0.25) is 0 Å². The Morgan fingerprint density at radius 3 is 2.88 bits per heavy atom. The molecule has 0 saturated carbocycles. The van der Waals surface area contributed by atoms with Gasteiger partial charge < -0.3 is 15.2 Å². The van der Waals surface area contributed by atoms with Gasteiger partial charge >= 0.3 is 0 Å². The summed E-state index contributed by atoms with van der Waals surface area (Å²) in [6.07, 6.45) is 0.571. The summed E-state index contributed by atoms with van der Waals surface area (Å²) in [7, 11) is 3.22. The van der Waals surface area contributed by atoms with E-state index < -0.39 is 0 Å². The summed E-state index contributed by atoms with van der Waals surface area (Å²) in [5, 5.41) is 12.5. The van der Waals surface area contributed by atoms with Crippen LogP contribution in [0.4, 0.5) is 0 Å². The highest BCUT2D eigenvalue weighted by molar-refractivity contribution is 5.82. The van der Waals surface area contributed by atoms with Crippen molar-refractivity contribution in [1.29, 1.82) is 0 Å². The number of carbonyl (C=O) groups excluding carboxylic acids is 1. The van der Waals surface area contributed by atoms with Gasteiger partial charge in [0.05, 0.1) is 19.2 Å². The molecule has 0 atom stereocenters. The fraction of sp³-hybridized carbons (Fsp3) is 0.250. The van der Waals surface area contributed by atoms with Gasteiger partial charge in [-0.3, -0.25) is 4.79 Å². The van der Waals surface area contributed by atoms with Crippen LogP contribution in [0.15, 0.2) is 12.1 Å². The van der Waals surface area contributed by atoms with E-state index in [1.807, 2.05) is 0 Å². The Morgan fingerprint density at radius 2 is 2.31 bits per heavy atom. The first kappa shape index (κ1) is 12.1. The zero-order valence-electron chi connectivity index (χ0n) is 9.20. The van der Waals surface area contributed by atoms with Crippen LogP contribution in [0.1, 0.15) is 15.9 Å². The molecule has 0 amide bonds. The first-order valence-electron chi connectivity index (χ1n) is 4.72. The first-order chi connectivity index (χ1) is 7.72. The van der Waals surface area contributed by atoms with Crippen LogP contribution in [-0.4, -0.2) is 32.1 Å². The van der Waals surface area contributed by atoms with E-state index in [4.69, 9.17) is 4.74 Å². The number of nitrogens with one attached hydrogen (secondary N) is 1. The Morgan fingerprint density at radius 1 is 1.56 bits per heavy atom. The average Bonchev–Trinajstić information content (AvgIpc) is 2.31. The molecule has 0 aromatic heterocycles. The number of ether oxygens (including phenoxy) is 1. The molecule has 0 aliphatic heterocycles. The zero-order valence-corrected chi connectivity index (χ0v) is 9.20. The first-order valence-corrected chi connectivity index (χ1v) is 4.72. The monoisotopic (exact) mass is 219 g/mol. The topological polar surface area (TPSA) is 58.6 Å². The molecule has 0 heterocycles. The Labute approximate surface area is 94.2 Å². The summed E-state index contributed by atoms with van der Waals surface area (Å²) in [6.45, 7) is 0.555. The van der Waals surface area contributed by atoms with Gasteiger partial charge in [0.15, 0.2) is 17.8 Å². The number of phenols is 1. The lowest BCUT2D eigenvalue weighted by Crippen LogP contribution is -2.04. The van der Waals surface area contributed by atoms with Crippen LogP contribution in [0.2, 0.25) is 0 Å². The molecule has 0 saturated heterocycles. The molecule has 4 heteroatoms. The van der Waals surface area contributed by atoms with Crippen molar-refractivity contribution in [1.82, 2.24) is 5.32 Å². The molecule has 4 nitrogen and oxygen atoms in total. The summed E-state index contributed by atoms with van der Waals surface area (Å²) in [6, 6.07) is 3.11. The number of methoxy groups -OCH3 is 1. The van der Waals surface area contributed by atoms with Crippen LogP contribution >= 0.6 is 0 Å². The zero-order chi connectivity index (χ0) is 12.0. The maximum absolute atomic E-state index is 10.7. The summed E-state index contributed by atoms with van der Waals surface area (Å²) in [5.41, 5.74) is 0.806. The Balaban J connectivity index is 3.13. The lowest BCUT2D eigenvalue weighted by Gasteiger charge is -2.05. The Hall–Kier alpha value is -1.99. The minimum atomic E-state index is -0.156. The van der Waals surface area contributed by atoms with E-state index in [-0.39, 0.29) is 17.1 Å². The van der Waals surface area contributed by atoms with Gasteiger partial charge in [-0.05, 0) is 19.2 Å². The molecule has 16 heavy (non-hydrogen) atoms. The molecule has 0 spiro atoms. The smallest absolute Gasteiger partial charge is 0.168 e. The van der Waals surface area contributed by atoms with E-state index in [2.05, 4.69) is 17.2 Å². The summed E-state index contributed by atoms with van der Waals surface area (Å²) in [5.74, 6) is 5.81. The maximum atomic E-state index is 10.7. The van der Waals surface area contributed by atoms with E-state index in [1.54, 1.807) is 13.1 Å². The summed E-state index contributed by atoms with van der Waals surface area (Å²) < 4.78 is 4.94. The van der Waals surface area contributed by atoms with Crippen molar-refractivity contribution in [3.05, 3.63) is 23.3 Å². The van der Waals surface area contributed by atoms with Crippen molar-refractivity contribution in [2.24, 2.45) is 0 Å². The van der Waals surface area contributed by atoms with Gasteiger partial charge in [0.25, 0.3) is 0 Å². The van der Waals surface area contributed by atoms with Crippen molar-refractivity contribution < 1.29 is 14.6 Å². The van der Waals surface area contributed by atoms with Crippen LogP contribution in [0, 0.1) is 11.8 Å². The number of carbonyl (C=O) groups is 1. The molecule has 1 aromatic rings. The second-order valence-corrected chi connectivity index (χ2v) is 3.07. The molecule has 1 rings (SSSR count). The molecule has 1 aromatic carbocycles. The van der Waals surface area contributed by atoms with E-state index in [0.717, 1.165) is 0 Å². The van der Waals surface area contributed by atoms with Crippen LogP contribution in [0.5, 0.6) is 11.5 Å². The number of hydrogen-bond acceptors (Lipinski definition) is 4. The molecule has 0 bridgehead atoms. The predicted molar refractivity (Wildman–Crippen MR) is 60.9 cm³/mol. The van der Waals surface area contributed by atoms with Crippen molar-refractivity contribution in [3.63, 3.8) is 0 Å². The second-order valence-electron chi connectivity index (χ2n) is 3.07. The van der Waals surface area contributed by atoms with Gasteiger partial charge in [-0.1, -0.05) is 11.8 Å². The third kappa shape index (κ3) is 2.75. The van der Waals surface area contributed by atoms with E-state index in [9.17, 15) is 9.90 Å². The van der Waals surface area contributed by atoms with Crippen molar-refractivity contribution in [3.8, 4) is 23.3 Å². The molecule has 2 N–H and O–H groups in total. The molecule has 0 aliphatic rings. The highest BCUT2D eigenvalue weighted by Gasteiger charge is 2.08. The molecule has 0 aliphatic carbocycles. The minimum Gasteiger partial charge on any atom is -0.504 e. The second kappa shape index (κ2) is 5.79. The van der Waals surface area contributed by atoms with Gasteiger partial charge in [0.1, 0.15) is 0 Å². The minimum absolute atomic E-state index is 0.156. The van der Waals surface area contributed by atoms with Crippen LogP contribution in [0.25, 0.3) is 0 Å². The number of rotatable bonds is 3. The SMILES string of the molecule is CNCC#Cc1cc(C=O)c(O)c(OC)c1. The number of aldehydes is 1. The third-order valence-electron chi connectivity index (χ3n) is 1.95. The standard InChI is InChI=1S/C12H13NO3/c1-13-5-3-4-9-6-10(8-14)12(15)11(7-9)16-2/h6-8,13,15H,5H2,1-2H3. The number of aromatic hydroxyl groups is 1. The van der Waals surface area contributed by atoms with Crippen molar-refractivity contribution in [2.45, 2.75) is 0 Å². The van der Waals surface area contributed by atoms with E-state index in [1.165, 1.54) is 13.2 Å². The predicted octanol–water partition coefficient (Wildman–Crippen LogP) is 0.784. The fourth-order valence-electron chi connectivity index (χ4n) is 1.18. The molecular weight excluding hydrogens is 206 g/mol. The lowest BCUT2D eigenvalue weighted by atomic mass is 10.1. The van der Waals surface area contributed by atoms with Crippen LogP contribution in [-0.2, 0) is 0 Å². The Kier molecular flexibility index (Phi) is 4.37. The molecular formula is C12H13NO3. The normalized spacial score (nSPS) is 9.12. The maximum Gasteiger partial charge on any atom is 0.168 e. The van der Waals surface area contributed by atoms with Crippen LogP contribution in [0.3, 0.4) is 0 Å². The largest absolute Gasteiger partial charge is 0.504 e. The van der Waals surface area contributed by atoms with Gasteiger partial charge in [-0.25, -0.2) is 0 Å². The molecule has 0 radical (unpaired) electrons. The van der Waals surface area contributed by atoms with Crippen molar-refractivity contribution >= 4 is 6.29 Å². The highest BCUT2D eigenvalue weighted by Crippen LogP contribution is 2.29. The van der Waals surface area contributed by atoms with Crippen molar-refractivity contribution in [2.75, 3.05) is 20.7 Å². The highest BCUT2D eigenvalue weighted by atomic mass is 16.5. The summed E-state index contributed by atoms with van der Waals surface area (Å²) in [4.78, 5) is 10.7. The number of phenolic OH excluding ortho intramolecular Hbond substituents is 1. The summed E-state index contributed by atoms with van der Waals surface area (Å²) >= 11 is 0. The van der Waals surface area contributed by atoms with E-state index >= 15 is 0 Å². The fourth-order valence-corrected chi connectivity index (χ4v) is 1.18. The van der Waals surface area contributed by atoms with Crippen LogP contribution < -0.4 is 10.1 Å². The molecule has 0 fully saturated rings. The van der Waals surface area contributed by atoms with E-state index in [0.29, 0.717) is 18.4 Å². The van der Waals surface area contributed by atoms with Gasteiger partial charge in [0, 0.05) is 5.56 Å². The molecule has 0 unspecified atom stereocenters.